The van der Waals surface area contributed by atoms with Crippen molar-refractivity contribution in [1.82, 2.24) is 24.7 Å². The van der Waals surface area contributed by atoms with Gasteiger partial charge in [-0.1, -0.05) is 11.6 Å². The lowest BCUT2D eigenvalue weighted by atomic mass is 10.3. The summed E-state index contributed by atoms with van der Waals surface area (Å²) in [6, 6.07) is 6.77. The van der Waals surface area contributed by atoms with Gasteiger partial charge in [-0.05, 0) is 39.8 Å². The van der Waals surface area contributed by atoms with Crippen molar-refractivity contribution in [3.05, 3.63) is 52.1 Å². The maximum Gasteiger partial charge on any atom is 0.277 e. The first-order valence-electron chi connectivity index (χ1n) is 8.37. The van der Waals surface area contributed by atoms with Crippen LogP contribution in [-0.2, 0) is 0 Å². The van der Waals surface area contributed by atoms with E-state index in [2.05, 4.69) is 25.4 Å². The third kappa shape index (κ3) is 4.22. The standard InChI is InChI=1S/C18H19ClN6O2/c1-5-27-15-7-6-13(19)16(23-15)17(26)22-14-9-12(4)24-25(14)18-20-10(2)8-11(3)21-18/h6-9H,5H2,1-4H3,(H,22,26). The predicted molar refractivity (Wildman–Crippen MR) is 102 cm³/mol. The van der Waals surface area contributed by atoms with Gasteiger partial charge in [-0.25, -0.2) is 15.0 Å². The smallest absolute Gasteiger partial charge is 0.277 e. The van der Waals surface area contributed by atoms with Gasteiger partial charge in [0.1, 0.15) is 5.82 Å². The van der Waals surface area contributed by atoms with Gasteiger partial charge in [0.05, 0.1) is 17.3 Å². The number of rotatable bonds is 5. The molecule has 3 aromatic rings. The SMILES string of the molecule is CCOc1ccc(Cl)c(C(=O)Nc2cc(C)nn2-c2nc(C)cc(C)n2)n1. The van der Waals surface area contributed by atoms with Crippen molar-refractivity contribution in [3.8, 4) is 11.8 Å². The lowest BCUT2D eigenvalue weighted by Gasteiger charge is -2.10. The summed E-state index contributed by atoms with van der Waals surface area (Å²) in [5.41, 5.74) is 2.37. The Bertz CT molecular complexity index is 981. The monoisotopic (exact) mass is 386 g/mol. The molecule has 9 heteroatoms. The van der Waals surface area contributed by atoms with Gasteiger partial charge in [0.2, 0.25) is 5.88 Å². The van der Waals surface area contributed by atoms with Crippen LogP contribution in [-0.4, -0.2) is 37.2 Å². The van der Waals surface area contributed by atoms with Crippen LogP contribution in [0.4, 0.5) is 5.82 Å². The summed E-state index contributed by atoms with van der Waals surface area (Å²) < 4.78 is 6.82. The summed E-state index contributed by atoms with van der Waals surface area (Å²) in [6.07, 6.45) is 0. The number of nitrogens with zero attached hydrogens (tertiary/aromatic N) is 5. The number of pyridine rings is 1. The molecular formula is C18H19ClN6O2. The molecule has 0 aliphatic heterocycles. The molecule has 1 amide bonds. The van der Waals surface area contributed by atoms with Crippen LogP contribution in [0.5, 0.6) is 5.88 Å². The molecule has 0 aliphatic rings. The number of ether oxygens (including phenoxy) is 1. The van der Waals surface area contributed by atoms with Crippen molar-refractivity contribution < 1.29 is 9.53 Å². The van der Waals surface area contributed by atoms with E-state index >= 15 is 0 Å². The topological polar surface area (TPSA) is 94.8 Å². The third-order valence-corrected chi connectivity index (χ3v) is 3.87. The lowest BCUT2D eigenvalue weighted by molar-refractivity contribution is 0.102. The summed E-state index contributed by atoms with van der Waals surface area (Å²) in [5.74, 6) is 0.640. The number of amides is 1. The number of carbonyl (C=O) groups excluding carboxylic acids is 1. The fraction of sp³-hybridized carbons (Fsp3) is 0.278. The highest BCUT2D eigenvalue weighted by Gasteiger charge is 2.18. The molecule has 27 heavy (non-hydrogen) atoms. The van der Waals surface area contributed by atoms with Crippen molar-refractivity contribution in [2.24, 2.45) is 0 Å². The van der Waals surface area contributed by atoms with Gasteiger partial charge in [0.25, 0.3) is 11.9 Å². The Morgan fingerprint density at radius 3 is 2.48 bits per heavy atom. The van der Waals surface area contributed by atoms with Gasteiger partial charge >= 0.3 is 0 Å². The minimum absolute atomic E-state index is 0.0642. The molecule has 0 fully saturated rings. The molecule has 0 bridgehead atoms. The van der Waals surface area contributed by atoms with Gasteiger partial charge < -0.3 is 10.1 Å². The highest BCUT2D eigenvalue weighted by Crippen LogP contribution is 2.21. The second-order valence-electron chi connectivity index (χ2n) is 5.90. The fourth-order valence-electron chi connectivity index (χ4n) is 2.53. The Balaban J connectivity index is 1.95. The maximum absolute atomic E-state index is 12.7. The number of hydrogen-bond donors (Lipinski definition) is 1. The molecule has 0 unspecified atom stereocenters. The Labute approximate surface area is 161 Å². The quantitative estimate of drug-likeness (QED) is 0.723. The second-order valence-corrected chi connectivity index (χ2v) is 6.31. The van der Waals surface area contributed by atoms with E-state index in [9.17, 15) is 4.79 Å². The third-order valence-electron chi connectivity index (χ3n) is 3.56. The first-order chi connectivity index (χ1) is 12.9. The zero-order chi connectivity index (χ0) is 19.6. The zero-order valence-corrected chi connectivity index (χ0v) is 16.2. The van der Waals surface area contributed by atoms with Crippen LogP contribution >= 0.6 is 11.6 Å². The van der Waals surface area contributed by atoms with E-state index in [0.717, 1.165) is 11.4 Å². The fourth-order valence-corrected chi connectivity index (χ4v) is 2.72. The van der Waals surface area contributed by atoms with Crippen molar-refractivity contribution in [1.29, 1.82) is 0 Å². The number of aryl methyl sites for hydroxylation is 3. The van der Waals surface area contributed by atoms with Crippen LogP contribution in [0.15, 0.2) is 24.3 Å². The largest absolute Gasteiger partial charge is 0.478 e. The summed E-state index contributed by atoms with van der Waals surface area (Å²) in [5, 5.41) is 7.38. The van der Waals surface area contributed by atoms with E-state index in [-0.39, 0.29) is 10.7 Å². The predicted octanol–water partition coefficient (Wildman–Crippen LogP) is 3.29. The average molecular weight is 387 g/mol. The summed E-state index contributed by atoms with van der Waals surface area (Å²) in [6.45, 7) is 7.83. The molecule has 0 saturated heterocycles. The van der Waals surface area contributed by atoms with Crippen molar-refractivity contribution in [2.75, 3.05) is 11.9 Å². The normalized spacial score (nSPS) is 10.7. The van der Waals surface area contributed by atoms with E-state index in [4.69, 9.17) is 16.3 Å². The molecular weight excluding hydrogens is 368 g/mol. The van der Waals surface area contributed by atoms with Crippen molar-refractivity contribution in [2.45, 2.75) is 27.7 Å². The lowest BCUT2D eigenvalue weighted by Crippen LogP contribution is -2.18. The summed E-state index contributed by atoms with van der Waals surface area (Å²) in [4.78, 5) is 25.7. The molecule has 0 radical (unpaired) electrons. The molecule has 3 heterocycles. The van der Waals surface area contributed by atoms with Gasteiger partial charge in [0, 0.05) is 23.5 Å². The minimum atomic E-state index is -0.480. The van der Waals surface area contributed by atoms with E-state index in [1.54, 1.807) is 18.2 Å². The van der Waals surface area contributed by atoms with E-state index in [1.165, 1.54) is 4.68 Å². The van der Waals surface area contributed by atoms with Gasteiger partial charge in [-0.3, -0.25) is 4.79 Å². The van der Waals surface area contributed by atoms with Gasteiger partial charge in [-0.15, -0.1) is 0 Å². The molecule has 0 aromatic carbocycles. The van der Waals surface area contributed by atoms with Crippen LogP contribution in [0.1, 0.15) is 34.5 Å². The van der Waals surface area contributed by atoms with Crippen LogP contribution in [0, 0.1) is 20.8 Å². The summed E-state index contributed by atoms with van der Waals surface area (Å²) in [7, 11) is 0. The molecule has 1 N–H and O–H groups in total. The number of anilines is 1. The van der Waals surface area contributed by atoms with Gasteiger partial charge in [-0.2, -0.15) is 9.78 Å². The Morgan fingerprint density at radius 2 is 1.81 bits per heavy atom. The molecule has 0 aliphatic carbocycles. The Hall–Kier alpha value is -3.00. The highest BCUT2D eigenvalue weighted by molar-refractivity contribution is 6.34. The number of nitrogens with one attached hydrogen (secondary N) is 1. The number of hydrogen-bond acceptors (Lipinski definition) is 6. The Kier molecular flexibility index (Phi) is 5.36. The molecule has 8 nitrogen and oxygen atoms in total. The Morgan fingerprint density at radius 1 is 1.11 bits per heavy atom. The van der Waals surface area contributed by atoms with Crippen LogP contribution < -0.4 is 10.1 Å². The first-order valence-corrected chi connectivity index (χ1v) is 8.75. The summed E-state index contributed by atoms with van der Waals surface area (Å²) >= 11 is 6.14. The van der Waals surface area contributed by atoms with Crippen LogP contribution in [0.3, 0.4) is 0 Å². The highest BCUT2D eigenvalue weighted by atomic mass is 35.5. The number of halogens is 1. The average Bonchev–Trinajstić information content (AvgIpc) is 2.96. The number of carbonyl (C=O) groups is 1. The molecule has 140 valence electrons. The van der Waals surface area contributed by atoms with E-state index < -0.39 is 5.91 Å². The first kappa shape index (κ1) is 18.8. The molecule has 3 aromatic heterocycles. The molecule has 0 atom stereocenters. The maximum atomic E-state index is 12.7. The van der Waals surface area contributed by atoms with Crippen molar-refractivity contribution in [3.63, 3.8) is 0 Å². The van der Waals surface area contributed by atoms with E-state index in [0.29, 0.717) is 29.9 Å². The molecule has 0 spiro atoms. The zero-order valence-electron chi connectivity index (χ0n) is 15.4. The van der Waals surface area contributed by atoms with Gasteiger partial charge in [0.15, 0.2) is 5.69 Å². The van der Waals surface area contributed by atoms with Crippen LogP contribution in [0.2, 0.25) is 5.02 Å². The second kappa shape index (κ2) is 7.71. The van der Waals surface area contributed by atoms with Crippen molar-refractivity contribution >= 4 is 23.3 Å². The number of aromatic nitrogens is 5. The van der Waals surface area contributed by atoms with E-state index in [1.807, 2.05) is 33.8 Å². The molecule has 3 rings (SSSR count). The minimum Gasteiger partial charge on any atom is -0.478 e. The molecule has 0 saturated carbocycles. The van der Waals surface area contributed by atoms with Crippen LogP contribution in [0.25, 0.3) is 5.95 Å².